The number of nitrogens with one attached hydrogen (secondary N) is 1. The molecule has 23 heavy (non-hydrogen) atoms. The lowest BCUT2D eigenvalue weighted by Gasteiger charge is -2.19. The zero-order chi connectivity index (χ0) is 16.7. The predicted molar refractivity (Wildman–Crippen MR) is 93.9 cm³/mol. The Morgan fingerprint density at radius 2 is 1.91 bits per heavy atom. The Morgan fingerprint density at radius 3 is 2.52 bits per heavy atom. The summed E-state index contributed by atoms with van der Waals surface area (Å²) in [6.45, 7) is 8.45. The average Bonchev–Trinajstić information content (AvgIpc) is 3.39. The van der Waals surface area contributed by atoms with Crippen LogP contribution in [0.5, 0.6) is 5.75 Å². The van der Waals surface area contributed by atoms with Gasteiger partial charge in [0.05, 0.1) is 12.5 Å². The summed E-state index contributed by atoms with van der Waals surface area (Å²) in [5, 5.41) is 3.13. The molecule has 1 aliphatic carbocycles. The van der Waals surface area contributed by atoms with Crippen LogP contribution in [0.1, 0.15) is 45.1 Å². The van der Waals surface area contributed by atoms with Crippen LogP contribution < -0.4 is 10.1 Å². The molecule has 4 nitrogen and oxygen atoms in total. The Labute approximate surface area is 140 Å². The lowest BCUT2D eigenvalue weighted by atomic mass is 9.94. The maximum absolute atomic E-state index is 12.6. The number of rotatable bonds is 10. The molecule has 128 valence electrons. The van der Waals surface area contributed by atoms with Gasteiger partial charge in [-0.3, -0.25) is 4.79 Å². The number of amides is 1. The maximum atomic E-state index is 12.6. The quantitative estimate of drug-likeness (QED) is 0.674. The van der Waals surface area contributed by atoms with E-state index < -0.39 is 0 Å². The fourth-order valence-electron chi connectivity index (χ4n) is 3.16. The van der Waals surface area contributed by atoms with Gasteiger partial charge in [-0.1, -0.05) is 32.0 Å². The summed E-state index contributed by atoms with van der Waals surface area (Å²) < 4.78 is 5.43. The van der Waals surface area contributed by atoms with E-state index in [9.17, 15) is 4.79 Å². The van der Waals surface area contributed by atoms with E-state index >= 15 is 0 Å². The molecule has 0 saturated heterocycles. The van der Waals surface area contributed by atoms with Crippen molar-refractivity contribution in [2.45, 2.75) is 44.9 Å². The minimum Gasteiger partial charge on any atom is -0.496 e. The largest absolute Gasteiger partial charge is 0.496 e. The van der Waals surface area contributed by atoms with Crippen molar-refractivity contribution in [1.29, 1.82) is 0 Å². The van der Waals surface area contributed by atoms with Crippen LogP contribution in [-0.4, -0.2) is 44.1 Å². The lowest BCUT2D eigenvalue weighted by Crippen LogP contribution is -2.35. The molecule has 0 heterocycles. The maximum Gasteiger partial charge on any atom is 0.230 e. The SMILES string of the molecule is CCN(CC)CCCCNC(=O)C1(c2ccccc2OC)CC1. The van der Waals surface area contributed by atoms with Gasteiger partial charge >= 0.3 is 0 Å². The third-order valence-corrected chi connectivity index (χ3v) is 4.89. The van der Waals surface area contributed by atoms with Gasteiger partial charge in [0.2, 0.25) is 5.91 Å². The van der Waals surface area contributed by atoms with Crippen LogP contribution in [0.15, 0.2) is 24.3 Å². The third kappa shape index (κ3) is 4.25. The number of carbonyl (C=O) groups is 1. The molecule has 0 radical (unpaired) electrons. The van der Waals surface area contributed by atoms with Crippen LogP contribution >= 0.6 is 0 Å². The van der Waals surface area contributed by atoms with Crippen molar-refractivity contribution in [3.05, 3.63) is 29.8 Å². The van der Waals surface area contributed by atoms with Crippen molar-refractivity contribution in [3.63, 3.8) is 0 Å². The molecule has 2 rings (SSSR count). The lowest BCUT2D eigenvalue weighted by molar-refractivity contribution is -0.123. The molecule has 1 fully saturated rings. The zero-order valence-corrected chi connectivity index (χ0v) is 14.7. The van der Waals surface area contributed by atoms with Gasteiger partial charge in [0.15, 0.2) is 0 Å². The molecule has 1 N–H and O–H groups in total. The number of hydrogen-bond donors (Lipinski definition) is 1. The van der Waals surface area contributed by atoms with E-state index in [4.69, 9.17) is 4.74 Å². The monoisotopic (exact) mass is 318 g/mol. The second-order valence-electron chi connectivity index (χ2n) is 6.27. The van der Waals surface area contributed by atoms with Gasteiger partial charge in [-0.15, -0.1) is 0 Å². The standard InChI is InChI=1S/C19H30N2O2/c1-4-21(5-2)15-9-8-14-20-18(22)19(12-13-19)16-10-6-7-11-17(16)23-3/h6-7,10-11H,4-5,8-9,12-15H2,1-3H3,(H,20,22). The number of methoxy groups -OCH3 is 1. The Kier molecular flexibility index (Phi) is 6.46. The number of benzene rings is 1. The minimum atomic E-state index is -0.356. The summed E-state index contributed by atoms with van der Waals surface area (Å²) in [5.41, 5.74) is 0.675. The predicted octanol–water partition coefficient (Wildman–Crippen LogP) is 2.97. The Morgan fingerprint density at radius 1 is 1.22 bits per heavy atom. The van der Waals surface area contributed by atoms with E-state index in [0.29, 0.717) is 0 Å². The molecule has 1 aliphatic rings. The topological polar surface area (TPSA) is 41.6 Å². The van der Waals surface area contributed by atoms with Crippen LogP contribution in [0, 0.1) is 0 Å². The van der Waals surface area contributed by atoms with E-state index in [2.05, 4.69) is 24.1 Å². The summed E-state index contributed by atoms with van der Waals surface area (Å²) in [7, 11) is 1.67. The number of ether oxygens (including phenoxy) is 1. The molecule has 0 aromatic heterocycles. The highest BCUT2D eigenvalue weighted by Crippen LogP contribution is 2.51. The van der Waals surface area contributed by atoms with Gasteiger partial charge < -0.3 is 15.0 Å². The van der Waals surface area contributed by atoms with Crippen LogP contribution in [0.2, 0.25) is 0 Å². The van der Waals surface area contributed by atoms with Crippen molar-refractivity contribution < 1.29 is 9.53 Å². The zero-order valence-electron chi connectivity index (χ0n) is 14.7. The average molecular weight is 318 g/mol. The number of para-hydroxylation sites is 1. The highest BCUT2D eigenvalue weighted by molar-refractivity contribution is 5.92. The van der Waals surface area contributed by atoms with Crippen molar-refractivity contribution in [2.24, 2.45) is 0 Å². The fourth-order valence-corrected chi connectivity index (χ4v) is 3.16. The Hall–Kier alpha value is -1.55. The molecule has 1 amide bonds. The van der Waals surface area contributed by atoms with Crippen molar-refractivity contribution in [3.8, 4) is 5.75 Å². The first-order valence-corrected chi connectivity index (χ1v) is 8.82. The Bertz CT molecular complexity index is 508. The van der Waals surface area contributed by atoms with Crippen LogP contribution in [0.25, 0.3) is 0 Å². The molecule has 0 unspecified atom stereocenters. The molecular formula is C19H30N2O2. The van der Waals surface area contributed by atoms with Gasteiger partial charge in [-0.2, -0.15) is 0 Å². The van der Waals surface area contributed by atoms with Gasteiger partial charge in [0.25, 0.3) is 0 Å². The first-order chi connectivity index (χ1) is 11.2. The van der Waals surface area contributed by atoms with Crippen molar-refractivity contribution >= 4 is 5.91 Å². The van der Waals surface area contributed by atoms with Crippen LogP contribution in [-0.2, 0) is 10.2 Å². The molecule has 0 spiro atoms. The molecule has 4 heteroatoms. The van der Waals surface area contributed by atoms with Crippen molar-refractivity contribution in [2.75, 3.05) is 33.3 Å². The normalized spacial score (nSPS) is 15.5. The van der Waals surface area contributed by atoms with Crippen LogP contribution in [0.3, 0.4) is 0 Å². The molecule has 1 saturated carbocycles. The third-order valence-electron chi connectivity index (χ3n) is 4.89. The molecule has 1 aromatic carbocycles. The summed E-state index contributed by atoms with van der Waals surface area (Å²) in [5.74, 6) is 0.978. The molecule has 0 atom stereocenters. The van der Waals surface area contributed by atoms with E-state index in [1.165, 1.54) is 0 Å². The highest BCUT2D eigenvalue weighted by atomic mass is 16.5. The summed E-state index contributed by atoms with van der Waals surface area (Å²) in [6, 6.07) is 7.89. The second kappa shape index (κ2) is 8.34. The van der Waals surface area contributed by atoms with Gasteiger partial charge in [0, 0.05) is 12.1 Å². The minimum absolute atomic E-state index is 0.157. The van der Waals surface area contributed by atoms with E-state index in [0.717, 1.165) is 63.2 Å². The van der Waals surface area contributed by atoms with Gasteiger partial charge in [0.1, 0.15) is 5.75 Å². The van der Waals surface area contributed by atoms with Crippen molar-refractivity contribution in [1.82, 2.24) is 10.2 Å². The molecular weight excluding hydrogens is 288 g/mol. The van der Waals surface area contributed by atoms with Gasteiger partial charge in [-0.05, 0) is 51.4 Å². The van der Waals surface area contributed by atoms with E-state index in [-0.39, 0.29) is 11.3 Å². The molecule has 1 aromatic rings. The molecule has 0 bridgehead atoms. The number of unbranched alkanes of at least 4 members (excludes halogenated alkanes) is 1. The first-order valence-electron chi connectivity index (χ1n) is 8.82. The fraction of sp³-hybridized carbons (Fsp3) is 0.632. The number of carbonyl (C=O) groups excluding carboxylic acids is 1. The van der Waals surface area contributed by atoms with Gasteiger partial charge in [-0.25, -0.2) is 0 Å². The van der Waals surface area contributed by atoms with E-state index in [1.807, 2.05) is 24.3 Å². The summed E-state index contributed by atoms with van der Waals surface area (Å²) in [6.07, 6.45) is 3.99. The number of nitrogens with zero attached hydrogens (tertiary/aromatic N) is 1. The smallest absolute Gasteiger partial charge is 0.230 e. The van der Waals surface area contributed by atoms with Crippen LogP contribution in [0.4, 0.5) is 0 Å². The number of hydrogen-bond acceptors (Lipinski definition) is 3. The van der Waals surface area contributed by atoms with E-state index in [1.54, 1.807) is 7.11 Å². The molecule has 0 aliphatic heterocycles. The Balaban J connectivity index is 1.82. The first kappa shape index (κ1) is 17.8. The second-order valence-corrected chi connectivity index (χ2v) is 6.27. The summed E-state index contributed by atoms with van der Waals surface area (Å²) >= 11 is 0. The summed E-state index contributed by atoms with van der Waals surface area (Å²) in [4.78, 5) is 15.0. The highest BCUT2D eigenvalue weighted by Gasteiger charge is 2.52.